The highest BCUT2D eigenvalue weighted by molar-refractivity contribution is 7.80. The third-order valence-electron chi connectivity index (χ3n) is 6.88. The summed E-state index contributed by atoms with van der Waals surface area (Å²) < 4.78 is 11.4. The average molecular weight is 555 g/mol. The van der Waals surface area contributed by atoms with E-state index in [1.54, 1.807) is 18.3 Å². The Morgan fingerprint density at radius 2 is 1.85 bits per heavy atom. The van der Waals surface area contributed by atoms with Gasteiger partial charge in [-0.1, -0.05) is 38.1 Å². The van der Waals surface area contributed by atoms with Gasteiger partial charge in [-0.25, -0.2) is 4.79 Å². The Morgan fingerprint density at radius 1 is 1.07 bits per heavy atom. The number of benzene rings is 2. The number of methoxy groups -OCH3 is 1. The minimum atomic E-state index is -0.439. The summed E-state index contributed by atoms with van der Waals surface area (Å²) in [5, 5.41) is 6.93. The van der Waals surface area contributed by atoms with Gasteiger partial charge in [-0.2, -0.15) is 0 Å². The zero-order valence-electron chi connectivity index (χ0n) is 22.7. The van der Waals surface area contributed by atoms with Crippen molar-refractivity contribution in [1.82, 2.24) is 10.3 Å². The van der Waals surface area contributed by atoms with Crippen LogP contribution >= 0.6 is 12.2 Å². The lowest BCUT2D eigenvalue weighted by Gasteiger charge is -2.27. The number of amides is 1. The first-order valence-corrected chi connectivity index (χ1v) is 13.4. The maximum atomic E-state index is 12.4. The number of rotatable bonds is 7. The van der Waals surface area contributed by atoms with Crippen molar-refractivity contribution in [3.05, 3.63) is 102 Å². The van der Waals surface area contributed by atoms with E-state index in [1.165, 1.54) is 7.11 Å². The zero-order valence-corrected chi connectivity index (χ0v) is 23.5. The fraction of sp³-hybridized carbons (Fsp3) is 0.226. The van der Waals surface area contributed by atoms with Crippen LogP contribution in [-0.2, 0) is 9.53 Å². The number of thiocarbonyl (C=S) groups is 1. The molecular weight excluding hydrogens is 524 g/mol. The Bertz CT molecular complexity index is 1570. The fourth-order valence-electron chi connectivity index (χ4n) is 4.78. The maximum Gasteiger partial charge on any atom is 0.338 e. The number of nitrogens with zero attached hydrogens (tertiary/aromatic N) is 2. The Kier molecular flexibility index (Phi) is 7.66. The second-order valence-electron chi connectivity index (χ2n) is 9.88. The summed E-state index contributed by atoms with van der Waals surface area (Å²) in [6.07, 6.45) is 1.75. The molecule has 40 heavy (non-hydrogen) atoms. The average Bonchev–Trinajstić information content (AvgIpc) is 3.58. The zero-order chi connectivity index (χ0) is 28.4. The van der Waals surface area contributed by atoms with Crippen molar-refractivity contribution in [2.45, 2.75) is 32.9 Å². The summed E-state index contributed by atoms with van der Waals surface area (Å²) in [6, 6.07) is 21.8. The van der Waals surface area contributed by atoms with Gasteiger partial charge in [0.2, 0.25) is 5.91 Å². The molecule has 0 aliphatic carbocycles. The number of aromatic nitrogens is 1. The monoisotopic (exact) mass is 554 g/mol. The molecule has 1 amide bonds. The third kappa shape index (κ3) is 5.20. The Hall–Kier alpha value is -4.50. The molecule has 5 rings (SSSR count). The molecular formula is C31H30N4O4S. The molecule has 1 fully saturated rings. The van der Waals surface area contributed by atoms with E-state index < -0.39 is 5.97 Å². The summed E-state index contributed by atoms with van der Waals surface area (Å²) in [5.74, 6) is 0.572. The van der Waals surface area contributed by atoms with Crippen LogP contribution in [0.25, 0.3) is 11.3 Å². The number of esters is 1. The minimum Gasteiger partial charge on any atom is -0.465 e. The lowest BCUT2D eigenvalue weighted by Crippen LogP contribution is -2.29. The van der Waals surface area contributed by atoms with Crippen molar-refractivity contribution in [2.75, 3.05) is 17.3 Å². The van der Waals surface area contributed by atoms with Gasteiger partial charge in [-0.3, -0.25) is 9.78 Å². The number of ether oxygens (including phenoxy) is 1. The molecule has 204 valence electrons. The van der Waals surface area contributed by atoms with Crippen molar-refractivity contribution in [1.29, 1.82) is 0 Å². The Morgan fingerprint density at radius 3 is 2.55 bits per heavy atom. The van der Waals surface area contributed by atoms with Gasteiger partial charge in [0.25, 0.3) is 0 Å². The molecule has 3 heterocycles. The van der Waals surface area contributed by atoms with Gasteiger partial charge in [0.15, 0.2) is 5.11 Å². The van der Waals surface area contributed by atoms with Crippen LogP contribution in [0.15, 0.2) is 83.4 Å². The highest BCUT2D eigenvalue weighted by Crippen LogP contribution is 2.43. The molecule has 0 unspecified atom stereocenters. The van der Waals surface area contributed by atoms with E-state index in [0.29, 0.717) is 27.8 Å². The Labute approximate surface area is 238 Å². The van der Waals surface area contributed by atoms with E-state index in [4.69, 9.17) is 21.4 Å². The van der Waals surface area contributed by atoms with E-state index in [9.17, 15) is 9.59 Å². The summed E-state index contributed by atoms with van der Waals surface area (Å²) in [7, 11) is 1.36. The summed E-state index contributed by atoms with van der Waals surface area (Å²) in [4.78, 5) is 31.3. The molecule has 1 saturated heterocycles. The summed E-state index contributed by atoms with van der Waals surface area (Å²) in [6.45, 7) is 5.67. The van der Waals surface area contributed by atoms with Crippen molar-refractivity contribution in [3.8, 4) is 11.3 Å². The maximum absolute atomic E-state index is 12.4. The first-order valence-electron chi connectivity index (χ1n) is 13.0. The highest BCUT2D eigenvalue weighted by Gasteiger charge is 2.42. The topological polar surface area (TPSA) is 96.7 Å². The number of carbonyl (C=O) groups is 2. The predicted octanol–water partition coefficient (Wildman–Crippen LogP) is 6.21. The van der Waals surface area contributed by atoms with Crippen LogP contribution in [-0.4, -0.2) is 29.1 Å². The first kappa shape index (κ1) is 27.1. The normalized spacial score (nSPS) is 16.6. The van der Waals surface area contributed by atoms with E-state index in [-0.39, 0.29) is 23.9 Å². The molecule has 1 aliphatic rings. The van der Waals surface area contributed by atoms with Crippen LogP contribution in [0.4, 0.5) is 11.4 Å². The number of nitrogens with one attached hydrogen (secondary N) is 2. The van der Waals surface area contributed by atoms with Gasteiger partial charge < -0.3 is 24.7 Å². The molecule has 0 saturated carbocycles. The molecule has 0 radical (unpaired) electrons. The largest absolute Gasteiger partial charge is 0.465 e. The van der Waals surface area contributed by atoms with Crippen molar-refractivity contribution in [3.63, 3.8) is 0 Å². The molecule has 2 N–H and O–H groups in total. The van der Waals surface area contributed by atoms with Crippen LogP contribution < -0.4 is 15.5 Å². The number of hydrogen-bond donors (Lipinski definition) is 2. The lowest BCUT2D eigenvalue weighted by molar-refractivity contribution is -0.118. The van der Waals surface area contributed by atoms with E-state index >= 15 is 0 Å². The molecule has 2 atom stereocenters. The van der Waals surface area contributed by atoms with Crippen LogP contribution in [0.3, 0.4) is 0 Å². The Balaban J connectivity index is 1.57. The second-order valence-corrected chi connectivity index (χ2v) is 10.3. The van der Waals surface area contributed by atoms with Gasteiger partial charge in [0, 0.05) is 29.1 Å². The molecule has 2 aromatic carbocycles. The number of furan rings is 1. The van der Waals surface area contributed by atoms with E-state index in [1.807, 2.05) is 86.3 Å². The van der Waals surface area contributed by atoms with Gasteiger partial charge in [-0.05, 0) is 73.2 Å². The number of anilines is 2. The smallest absolute Gasteiger partial charge is 0.338 e. The number of carbonyl (C=O) groups excluding carboxylic acids is 2. The van der Waals surface area contributed by atoms with Crippen molar-refractivity contribution < 1.29 is 18.7 Å². The van der Waals surface area contributed by atoms with E-state index in [0.717, 1.165) is 22.6 Å². The quantitative estimate of drug-likeness (QED) is 0.206. The van der Waals surface area contributed by atoms with Gasteiger partial charge in [-0.15, -0.1) is 0 Å². The number of hydrogen-bond acceptors (Lipinski definition) is 6. The first-order chi connectivity index (χ1) is 19.3. The van der Waals surface area contributed by atoms with Crippen molar-refractivity contribution in [2.24, 2.45) is 5.92 Å². The molecule has 2 aromatic heterocycles. The van der Waals surface area contributed by atoms with Crippen LogP contribution in [0, 0.1) is 12.8 Å². The van der Waals surface area contributed by atoms with Crippen LogP contribution in [0.2, 0.25) is 0 Å². The number of aryl methyl sites for hydroxylation is 1. The molecule has 9 heteroatoms. The SMILES string of the molecule is COC(=O)c1ccccc1-c1ccc([C@@H]2[C@@H](c3ccccn3)NC(=S)N2c2ccc(NC(=O)C(C)C)c(C)c2)o1. The van der Waals surface area contributed by atoms with Crippen LogP contribution in [0.1, 0.15) is 53.3 Å². The summed E-state index contributed by atoms with van der Waals surface area (Å²) in [5.41, 5.74) is 4.35. The van der Waals surface area contributed by atoms with Crippen molar-refractivity contribution >= 4 is 40.6 Å². The molecule has 8 nitrogen and oxygen atoms in total. The minimum absolute atomic E-state index is 0.0438. The van der Waals surface area contributed by atoms with E-state index in [2.05, 4.69) is 15.6 Å². The molecule has 4 aromatic rings. The highest BCUT2D eigenvalue weighted by atomic mass is 32.1. The lowest BCUT2D eigenvalue weighted by atomic mass is 10.0. The fourth-order valence-corrected chi connectivity index (χ4v) is 5.13. The molecule has 0 spiro atoms. The standard InChI is InChI=1S/C31H30N4O4S/c1-18(2)29(36)33-23-13-12-20(17-19(23)3)35-28(27(34-31(35)40)24-11-7-8-16-32-24)26-15-14-25(39-26)21-9-5-6-10-22(21)30(37)38-4/h5-18,27-28H,1-4H3,(H,33,36)(H,34,40)/t27-,28-/m1/s1. The number of pyridine rings is 1. The third-order valence-corrected chi connectivity index (χ3v) is 7.20. The van der Waals surface area contributed by atoms with Gasteiger partial charge in [0.05, 0.1) is 24.4 Å². The van der Waals surface area contributed by atoms with Gasteiger partial charge in [0.1, 0.15) is 17.6 Å². The second kappa shape index (κ2) is 11.3. The molecule has 1 aliphatic heterocycles. The molecule has 0 bridgehead atoms. The predicted molar refractivity (Wildman–Crippen MR) is 158 cm³/mol. The van der Waals surface area contributed by atoms with Crippen LogP contribution in [0.5, 0.6) is 0 Å². The van der Waals surface area contributed by atoms with Gasteiger partial charge >= 0.3 is 5.97 Å². The summed E-state index contributed by atoms with van der Waals surface area (Å²) >= 11 is 5.84.